The molecule has 1 aliphatic heterocycles. The van der Waals surface area contributed by atoms with Gasteiger partial charge < -0.3 is 14.9 Å². The van der Waals surface area contributed by atoms with E-state index in [4.69, 9.17) is 9.84 Å². The van der Waals surface area contributed by atoms with Crippen LogP contribution in [0.1, 0.15) is 18.4 Å². The number of amides is 1. The minimum absolute atomic E-state index is 0.163. The number of cyclic esters (lactones) is 1. The number of aliphatic hydroxyl groups excluding tert-OH is 1. The Morgan fingerprint density at radius 2 is 1.94 bits per heavy atom. The molecule has 32 heavy (non-hydrogen) atoms. The third-order valence-corrected chi connectivity index (χ3v) is 6.25. The Labute approximate surface area is 192 Å². The highest BCUT2D eigenvalue weighted by Crippen LogP contribution is 2.21. The number of hydrogen-bond acceptors (Lipinski definition) is 5. The number of carbonyl (C=O) groups excluding carboxylic acids is 1. The lowest BCUT2D eigenvalue weighted by atomic mass is 10.00. The molecular weight excluding hydrogens is 426 g/mol. The van der Waals surface area contributed by atoms with Gasteiger partial charge in [0.2, 0.25) is 0 Å². The number of benzene rings is 2. The van der Waals surface area contributed by atoms with Crippen molar-refractivity contribution in [2.24, 2.45) is 0 Å². The number of rotatable bonds is 12. The molecule has 0 radical (unpaired) electrons. The molecule has 0 spiro atoms. The van der Waals surface area contributed by atoms with Crippen LogP contribution in [0.15, 0.2) is 66.7 Å². The molecule has 1 saturated heterocycles. The number of carboxylic acid groups (broad SMARTS) is 1. The monoisotopic (exact) mass is 455 g/mol. The van der Waals surface area contributed by atoms with Crippen LogP contribution in [0.25, 0.3) is 11.1 Å². The molecule has 0 aromatic heterocycles. The van der Waals surface area contributed by atoms with Crippen molar-refractivity contribution in [3.8, 4) is 11.1 Å². The highest BCUT2D eigenvalue weighted by atomic mass is 32.2. The van der Waals surface area contributed by atoms with E-state index in [-0.39, 0.29) is 25.2 Å². The molecule has 2 aromatic carbocycles. The van der Waals surface area contributed by atoms with E-state index in [1.807, 2.05) is 36.4 Å². The summed E-state index contributed by atoms with van der Waals surface area (Å²) in [6, 6.07) is 18.1. The number of hydrogen-bond donors (Lipinski definition) is 2. The van der Waals surface area contributed by atoms with Crippen LogP contribution in [0.3, 0.4) is 0 Å². The van der Waals surface area contributed by atoms with Crippen LogP contribution >= 0.6 is 11.8 Å². The van der Waals surface area contributed by atoms with Crippen LogP contribution in [-0.4, -0.2) is 64.0 Å². The van der Waals surface area contributed by atoms with E-state index in [1.165, 1.54) is 0 Å². The van der Waals surface area contributed by atoms with Crippen molar-refractivity contribution in [3.63, 3.8) is 0 Å². The highest BCUT2D eigenvalue weighted by Gasteiger charge is 2.30. The van der Waals surface area contributed by atoms with E-state index in [1.54, 1.807) is 22.7 Å². The summed E-state index contributed by atoms with van der Waals surface area (Å²) in [5.74, 6) is 0.675. The van der Waals surface area contributed by atoms with Gasteiger partial charge in [0.25, 0.3) is 0 Å². The third-order valence-electron chi connectivity index (χ3n) is 5.20. The number of thioether (sulfide) groups is 1. The van der Waals surface area contributed by atoms with Gasteiger partial charge in [0, 0.05) is 25.1 Å². The predicted octanol–water partition coefficient (Wildman–Crippen LogP) is 4.23. The van der Waals surface area contributed by atoms with Crippen molar-refractivity contribution in [2.75, 3.05) is 24.7 Å². The Morgan fingerprint density at radius 1 is 1.16 bits per heavy atom. The van der Waals surface area contributed by atoms with E-state index >= 15 is 0 Å². The van der Waals surface area contributed by atoms with E-state index in [0.717, 1.165) is 22.4 Å². The number of aliphatic carboxylic acids is 1. The molecule has 0 saturated carbocycles. The molecule has 7 heteroatoms. The van der Waals surface area contributed by atoms with Gasteiger partial charge in [0.15, 0.2) is 0 Å². The SMILES string of the molecule is O=C(O)CCCSCCN1C(=O)OC[C@@H]1/C=C/[C@@H](O)Cc1cccc(-c2ccccc2)c1. The maximum atomic E-state index is 12.0. The standard InChI is InChI=1S/C25H29NO5S/c27-23(17-19-6-4-9-21(16-19)20-7-2-1-3-8-20)12-11-22-18-31-25(30)26(22)13-15-32-14-5-10-24(28)29/h1-4,6-9,11-12,16,22-23,27H,5,10,13-15,17-18H2,(H,28,29)/b12-11+/t22-,23+/m0/s1. The van der Waals surface area contributed by atoms with Crippen molar-refractivity contribution in [3.05, 3.63) is 72.3 Å². The summed E-state index contributed by atoms with van der Waals surface area (Å²) in [5, 5.41) is 19.2. The molecule has 1 fully saturated rings. The second kappa shape index (κ2) is 12.3. The first-order valence-corrected chi connectivity index (χ1v) is 11.9. The van der Waals surface area contributed by atoms with Gasteiger partial charge in [-0.3, -0.25) is 9.69 Å². The van der Waals surface area contributed by atoms with Crippen molar-refractivity contribution in [1.29, 1.82) is 0 Å². The second-order valence-electron chi connectivity index (χ2n) is 7.67. The summed E-state index contributed by atoms with van der Waals surface area (Å²) in [6.45, 7) is 0.802. The van der Waals surface area contributed by atoms with E-state index in [2.05, 4.69) is 24.3 Å². The van der Waals surface area contributed by atoms with E-state index in [9.17, 15) is 14.7 Å². The van der Waals surface area contributed by atoms with Crippen LogP contribution in [0.2, 0.25) is 0 Å². The summed E-state index contributed by atoms with van der Waals surface area (Å²) in [5.41, 5.74) is 3.29. The zero-order valence-electron chi connectivity index (χ0n) is 17.9. The Kier molecular flexibility index (Phi) is 9.19. The number of carboxylic acids is 1. The summed E-state index contributed by atoms with van der Waals surface area (Å²) in [7, 11) is 0. The maximum Gasteiger partial charge on any atom is 0.410 e. The summed E-state index contributed by atoms with van der Waals surface area (Å²) >= 11 is 1.63. The van der Waals surface area contributed by atoms with Crippen LogP contribution < -0.4 is 0 Å². The smallest absolute Gasteiger partial charge is 0.410 e. The fourth-order valence-corrected chi connectivity index (χ4v) is 4.42. The zero-order chi connectivity index (χ0) is 22.8. The second-order valence-corrected chi connectivity index (χ2v) is 8.89. The lowest BCUT2D eigenvalue weighted by Crippen LogP contribution is -2.34. The molecule has 3 rings (SSSR count). The van der Waals surface area contributed by atoms with Gasteiger partial charge in [-0.05, 0) is 28.9 Å². The van der Waals surface area contributed by atoms with Gasteiger partial charge in [-0.15, -0.1) is 0 Å². The molecular formula is C25H29NO5S. The fraction of sp³-hybridized carbons (Fsp3) is 0.360. The van der Waals surface area contributed by atoms with Gasteiger partial charge in [0.1, 0.15) is 6.61 Å². The normalized spacial score (nSPS) is 17.0. The summed E-state index contributed by atoms with van der Waals surface area (Å²) in [4.78, 5) is 24.2. The lowest BCUT2D eigenvalue weighted by molar-refractivity contribution is -0.137. The average Bonchev–Trinajstić information content (AvgIpc) is 3.14. The Balaban J connectivity index is 1.49. The molecule has 6 nitrogen and oxygen atoms in total. The first-order valence-electron chi connectivity index (χ1n) is 10.8. The number of carbonyl (C=O) groups is 2. The van der Waals surface area contributed by atoms with Gasteiger partial charge in [-0.25, -0.2) is 4.79 Å². The largest absolute Gasteiger partial charge is 0.481 e. The third kappa shape index (κ3) is 7.43. The van der Waals surface area contributed by atoms with Crippen molar-refractivity contribution < 1.29 is 24.5 Å². The molecule has 1 amide bonds. The highest BCUT2D eigenvalue weighted by molar-refractivity contribution is 7.99. The van der Waals surface area contributed by atoms with Gasteiger partial charge in [-0.2, -0.15) is 11.8 Å². The molecule has 2 N–H and O–H groups in total. The average molecular weight is 456 g/mol. The minimum Gasteiger partial charge on any atom is -0.481 e. The molecule has 0 aliphatic carbocycles. The Bertz CT molecular complexity index is 918. The molecule has 170 valence electrons. The van der Waals surface area contributed by atoms with E-state index < -0.39 is 12.1 Å². The molecule has 0 bridgehead atoms. The maximum absolute atomic E-state index is 12.0. The number of aliphatic hydroxyl groups is 1. The zero-order valence-corrected chi connectivity index (χ0v) is 18.7. The van der Waals surface area contributed by atoms with Crippen LogP contribution in [0.4, 0.5) is 4.79 Å². The molecule has 2 atom stereocenters. The fourth-order valence-electron chi connectivity index (χ4n) is 3.55. The minimum atomic E-state index is -0.788. The first-order chi connectivity index (χ1) is 15.5. The van der Waals surface area contributed by atoms with Gasteiger partial charge >= 0.3 is 12.1 Å². The number of nitrogens with zero attached hydrogens (tertiary/aromatic N) is 1. The topological polar surface area (TPSA) is 87.1 Å². The molecule has 0 unspecified atom stereocenters. The molecule has 1 aliphatic rings. The molecule has 2 aromatic rings. The number of ether oxygens (including phenoxy) is 1. The predicted molar refractivity (Wildman–Crippen MR) is 127 cm³/mol. The Hall–Kier alpha value is -2.77. The van der Waals surface area contributed by atoms with Crippen molar-refractivity contribution in [1.82, 2.24) is 4.90 Å². The summed E-state index contributed by atoms with van der Waals surface area (Å²) in [6.07, 6.45) is 3.82. The molecule has 1 heterocycles. The van der Waals surface area contributed by atoms with Gasteiger partial charge in [-0.1, -0.05) is 66.7 Å². The first kappa shape index (κ1) is 23.9. The van der Waals surface area contributed by atoms with E-state index in [0.29, 0.717) is 25.1 Å². The van der Waals surface area contributed by atoms with Gasteiger partial charge in [0.05, 0.1) is 12.1 Å². The Morgan fingerprint density at radius 3 is 2.72 bits per heavy atom. The van der Waals surface area contributed by atoms with Crippen LogP contribution in [-0.2, 0) is 16.0 Å². The van der Waals surface area contributed by atoms with Crippen LogP contribution in [0.5, 0.6) is 0 Å². The van der Waals surface area contributed by atoms with Crippen LogP contribution in [0, 0.1) is 0 Å². The van der Waals surface area contributed by atoms with Crippen molar-refractivity contribution >= 4 is 23.8 Å². The quantitative estimate of drug-likeness (QED) is 0.368. The summed E-state index contributed by atoms with van der Waals surface area (Å²) < 4.78 is 5.17. The van der Waals surface area contributed by atoms with Crippen molar-refractivity contribution in [2.45, 2.75) is 31.4 Å². The lowest BCUT2D eigenvalue weighted by Gasteiger charge is -2.19.